The van der Waals surface area contributed by atoms with E-state index in [1.165, 1.54) is 0 Å². The fourth-order valence-corrected chi connectivity index (χ4v) is 4.33. The van der Waals surface area contributed by atoms with Crippen LogP contribution >= 0.6 is 0 Å². The normalized spacial score (nSPS) is 15.9. The first-order valence-electron chi connectivity index (χ1n) is 11.5. The first-order valence-corrected chi connectivity index (χ1v) is 11.5. The number of aryl methyl sites for hydroxylation is 1. The Morgan fingerprint density at radius 1 is 1.00 bits per heavy atom. The lowest BCUT2D eigenvalue weighted by molar-refractivity contribution is 0.394. The molecule has 1 unspecified atom stereocenters. The molecule has 8 nitrogen and oxygen atoms in total. The molecule has 1 saturated heterocycles. The molecule has 0 spiro atoms. The van der Waals surface area contributed by atoms with E-state index in [4.69, 9.17) is 14.5 Å². The number of nitrogens with one attached hydrogen (secondary N) is 2. The summed E-state index contributed by atoms with van der Waals surface area (Å²) >= 11 is 0. The van der Waals surface area contributed by atoms with Crippen molar-refractivity contribution in [3.05, 3.63) is 61.1 Å². The Balaban J connectivity index is 1.57. The summed E-state index contributed by atoms with van der Waals surface area (Å²) < 4.78 is 13.1. The largest absolute Gasteiger partial charge is 0.497 e. The number of ether oxygens (including phenoxy) is 2. The van der Waals surface area contributed by atoms with Gasteiger partial charge in [0.2, 0.25) is 0 Å². The van der Waals surface area contributed by atoms with Crippen molar-refractivity contribution in [2.75, 3.05) is 45.3 Å². The summed E-state index contributed by atoms with van der Waals surface area (Å²) in [7, 11) is 5.35. The van der Waals surface area contributed by atoms with Crippen LogP contribution in [0.15, 0.2) is 61.1 Å². The lowest BCUT2D eigenvalue weighted by Gasteiger charge is -2.33. The van der Waals surface area contributed by atoms with E-state index in [-0.39, 0.29) is 0 Å². The van der Waals surface area contributed by atoms with E-state index in [1.807, 2.05) is 48.3 Å². The predicted molar refractivity (Wildman–Crippen MR) is 135 cm³/mol. The van der Waals surface area contributed by atoms with Crippen molar-refractivity contribution < 1.29 is 9.47 Å². The van der Waals surface area contributed by atoms with Crippen molar-refractivity contribution in [2.45, 2.75) is 6.04 Å². The van der Waals surface area contributed by atoms with E-state index in [9.17, 15) is 0 Å². The Morgan fingerprint density at radius 2 is 1.82 bits per heavy atom. The van der Waals surface area contributed by atoms with Gasteiger partial charge in [0, 0.05) is 86.8 Å². The van der Waals surface area contributed by atoms with Crippen LogP contribution < -0.4 is 25.0 Å². The van der Waals surface area contributed by atoms with Gasteiger partial charge in [-0.15, -0.1) is 0 Å². The number of fused-ring (bicyclic) bond motifs is 1. The third-order valence-electron chi connectivity index (χ3n) is 6.14. The topological polar surface area (TPSA) is 76.5 Å². The molecule has 2 aromatic heterocycles. The number of piperazine rings is 1. The molecular formula is C26H30N6O2. The first-order chi connectivity index (χ1) is 16.6. The summed E-state index contributed by atoms with van der Waals surface area (Å²) in [5.74, 6) is 1.50. The zero-order valence-corrected chi connectivity index (χ0v) is 19.8. The van der Waals surface area contributed by atoms with Crippen LogP contribution in [0.5, 0.6) is 11.5 Å². The minimum atomic E-state index is 0.295. The summed E-state index contributed by atoms with van der Waals surface area (Å²) in [6, 6.07) is 14.5. The highest BCUT2D eigenvalue weighted by Gasteiger charge is 2.20. The molecule has 34 heavy (non-hydrogen) atoms. The van der Waals surface area contributed by atoms with E-state index in [0.717, 1.165) is 71.3 Å². The van der Waals surface area contributed by atoms with Crippen molar-refractivity contribution in [1.29, 1.82) is 0 Å². The second-order valence-electron chi connectivity index (χ2n) is 8.53. The number of hydrogen-bond acceptors (Lipinski definition) is 7. The summed E-state index contributed by atoms with van der Waals surface area (Å²) in [5.41, 5.74) is 5.66. The number of benzene rings is 2. The maximum atomic E-state index is 5.55. The average Bonchev–Trinajstić information content (AvgIpc) is 3.33. The molecule has 1 aliphatic rings. The van der Waals surface area contributed by atoms with Crippen LogP contribution in [0.3, 0.4) is 0 Å². The van der Waals surface area contributed by atoms with E-state index in [2.05, 4.69) is 44.9 Å². The summed E-state index contributed by atoms with van der Waals surface area (Å²) in [6.07, 6.45) is 5.90. The van der Waals surface area contributed by atoms with E-state index in [1.54, 1.807) is 14.2 Å². The molecule has 0 radical (unpaired) electrons. The lowest BCUT2D eigenvalue weighted by Crippen LogP contribution is -2.52. The minimum absolute atomic E-state index is 0.295. The molecule has 0 saturated carbocycles. The number of rotatable bonds is 7. The van der Waals surface area contributed by atoms with Gasteiger partial charge in [0.25, 0.3) is 0 Å². The van der Waals surface area contributed by atoms with Crippen molar-refractivity contribution in [1.82, 2.24) is 25.2 Å². The molecule has 4 aromatic rings. The molecule has 3 heterocycles. The highest BCUT2D eigenvalue weighted by atomic mass is 16.5. The molecule has 2 aromatic carbocycles. The standard InChI is InChI=1S/C26H30N6O2/c1-31-9-6-18(16-31)26-15-29-24-5-4-20(12-25(24)30-26)32(17-19-14-27-7-8-28-19)21-10-22(33-2)13-23(11-21)34-3/h4-6,9-13,15-16,19,27-28H,7-8,14,17H2,1-3H3. The van der Waals surface area contributed by atoms with Crippen molar-refractivity contribution in [3.63, 3.8) is 0 Å². The van der Waals surface area contributed by atoms with Gasteiger partial charge >= 0.3 is 0 Å². The van der Waals surface area contributed by atoms with Gasteiger partial charge in [0.1, 0.15) is 11.5 Å². The molecule has 1 aliphatic heterocycles. The number of hydrogen-bond donors (Lipinski definition) is 2. The molecule has 5 rings (SSSR count). The second-order valence-corrected chi connectivity index (χ2v) is 8.53. The van der Waals surface area contributed by atoms with Gasteiger partial charge < -0.3 is 29.6 Å². The smallest absolute Gasteiger partial charge is 0.124 e. The molecule has 0 bridgehead atoms. The molecular weight excluding hydrogens is 428 g/mol. The maximum Gasteiger partial charge on any atom is 0.124 e. The van der Waals surface area contributed by atoms with Crippen LogP contribution in [-0.2, 0) is 7.05 Å². The van der Waals surface area contributed by atoms with Crippen molar-refractivity contribution >= 4 is 22.4 Å². The molecule has 8 heteroatoms. The Morgan fingerprint density at radius 3 is 2.50 bits per heavy atom. The number of anilines is 2. The first kappa shape index (κ1) is 22.2. The van der Waals surface area contributed by atoms with Gasteiger partial charge in [-0.25, -0.2) is 4.98 Å². The fraction of sp³-hybridized carbons (Fsp3) is 0.308. The lowest BCUT2D eigenvalue weighted by atomic mass is 10.1. The Bertz CT molecular complexity index is 1260. The number of methoxy groups -OCH3 is 2. The van der Waals surface area contributed by atoms with Crippen LogP contribution in [0, 0.1) is 0 Å². The third kappa shape index (κ3) is 4.69. The van der Waals surface area contributed by atoms with Crippen molar-refractivity contribution in [2.24, 2.45) is 7.05 Å². The molecule has 1 fully saturated rings. The van der Waals surface area contributed by atoms with Crippen LogP contribution in [0.2, 0.25) is 0 Å². The van der Waals surface area contributed by atoms with Gasteiger partial charge in [0.05, 0.1) is 37.1 Å². The minimum Gasteiger partial charge on any atom is -0.497 e. The zero-order valence-electron chi connectivity index (χ0n) is 19.8. The Hall–Kier alpha value is -3.62. The van der Waals surface area contributed by atoms with E-state index < -0.39 is 0 Å². The van der Waals surface area contributed by atoms with Crippen LogP contribution in [0.25, 0.3) is 22.3 Å². The molecule has 1 atom stereocenters. The second kappa shape index (κ2) is 9.70. The number of aromatic nitrogens is 3. The Kier molecular flexibility index (Phi) is 6.33. The van der Waals surface area contributed by atoms with Gasteiger partial charge in [-0.3, -0.25) is 4.98 Å². The zero-order chi connectivity index (χ0) is 23.5. The molecule has 2 N–H and O–H groups in total. The average molecular weight is 459 g/mol. The van der Waals surface area contributed by atoms with Crippen LogP contribution in [0.4, 0.5) is 11.4 Å². The molecule has 176 valence electrons. The highest BCUT2D eigenvalue weighted by molar-refractivity contribution is 5.82. The van der Waals surface area contributed by atoms with E-state index in [0.29, 0.717) is 6.04 Å². The number of nitrogens with zero attached hydrogens (tertiary/aromatic N) is 4. The molecule has 0 aliphatic carbocycles. The Labute approximate surface area is 199 Å². The SMILES string of the molecule is COc1cc(OC)cc(N(CC2CNCCN2)c2ccc3ncc(-c4ccn(C)c4)nc3c2)c1. The third-order valence-corrected chi connectivity index (χ3v) is 6.14. The van der Waals surface area contributed by atoms with Crippen LogP contribution in [-0.4, -0.2) is 61.0 Å². The summed E-state index contributed by atoms with van der Waals surface area (Å²) in [4.78, 5) is 11.9. The monoisotopic (exact) mass is 458 g/mol. The summed E-state index contributed by atoms with van der Waals surface area (Å²) in [6.45, 7) is 3.62. The molecule has 0 amide bonds. The van der Waals surface area contributed by atoms with Gasteiger partial charge in [-0.2, -0.15) is 0 Å². The quantitative estimate of drug-likeness (QED) is 0.440. The van der Waals surface area contributed by atoms with Crippen LogP contribution in [0.1, 0.15) is 0 Å². The fourth-order valence-electron chi connectivity index (χ4n) is 4.33. The van der Waals surface area contributed by atoms with E-state index >= 15 is 0 Å². The highest BCUT2D eigenvalue weighted by Crippen LogP contribution is 2.34. The van der Waals surface area contributed by atoms with Gasteiger partial charge in [-0.1, -0.05) is 0 Å². The van der Waals surface area contributed by atoms with Gasteiger partial charge in [-0.05, 0) is 24.3 Å². The predicted octanol–water partition coefficient (Wildman–Crippen LogP) is 3.35. The van der Waals surface area contributed by atoms with Crippen molar-refractivity contribution in [3.8, 4) is 22.8 Å². The summed E-state index contributed by atoms with van der Waals surface area (Å²) in [5, 5.41) is 7.10. The maximum absolute atomic E-state index is 5.55. The van der Waals surface area contributed by atoms with Gasteiger partial charge in [0.15, 0.2) is 0 Å².